The Kier molecular flexibility index (Phi) is 6.44. The molecule has 1 heterocycles. The van der Waals surface area contributed by atoms with E-state index in [1.807, 2.05) is 13.8 Å². The van der Waals surface area contributed by atoms with E-state index >= 15 is 0 Å². The molecule has 2 aromatic carbocycles. The van der Waals surface area contributed by atoms with Gasteiger partial charge in [-0.25, -0.2) is 4.39 Å². The molecule has 0 aliphatic carbocycles. The van der Waals surface area contributed by atoms with Crippen LogP contribution in [0, 0.1) is 5.82 Å². The number of rotatable bonds is 7. The number of likely N-dealkylation sites (N-methyl/N-ethyl adjacent to an activating group) is 1. The Bertz CT molecular complexity index is 923. The molecule has 29 heavy (non-hydrogen) atoms. The monoisotopic (exact) mass is 396 g/mol. The minimum Gasteiger partial charge on any atom is -0.507 e. The van der Waals surface area contributed by atoms with Crippen LogP contribution in [0.1, 0.15) is 31.0 Å². The topological polar surface area (TPSA) is 60.9 Å². The second-order valence-electron chi connectivity index (χ2n) is 6.91. The van der Waals surface area contributed by atoms with E-state index in [-0.39, 0.29) is 23.4 Å². The van der Waals surface area contributed by atoms with Crippen LogP contribution >= 0.6 is 0 Å². The molecule has 152 valence electrons. The Labute approximate surface area is 170 Å². The first kappa shape index (κ1) is 20.7. The van der Waals surface area contributed by atoms with Crippen LogP contribution in [0.5, 0.6) is 0 Å². The van der Waals surface area contributed by atoms with Crippen molar-refractivity contribution in [1.29, 1.82) is 0 Å². The van der Waals surface area contributed by atoms with Gasteiger partial charge in [0.2, 0.25) is 0 Å². The van der Waals surface area contributed by atoms with Gasteiger partial charge in [0.15, 0.2) is 0 Å². The molecule has 1 N–H and O–H groups in total. The van der Waals surface area contributed by atoms with Crippen molar-refractivity contribution in [2.24, 2.45) is 0 Å². The lowest BCUT2D eigenvalue weighted by molar-refractivity contribution is -0.140. The number of ketones is 1. The zero-order valence-corrected chi connectivity index (χ0v) is 16.6. The Balaban J connectivity index is 2.11. The molecule has 5 nitrogen and oxygen atoms in total. The number of benzene rings is 2. The van der Waals surface area contributed by atoms with E-state index in [1.54, 1.807) is 48.5 Å². The second kappa shape index (κ2) is 9.01. The third-order valence-electron chi connectivity index (χ3n) is 5.34. The maximum Gasteiger partial charge on any atom is 0.295 e. The Morgan fingerprint density at radius 1 is 1.03 bits per heavy atom. The van der Waals surface area contributed by atoms with Crippen LogP contribution in [0.25, 0.3) is 5.76 Å². The largest absolute Gasteiger partial charge is 0.507 e. The summed E-state index contributed by atoms with van der Waals surface area (Å²) < 4.78 is 14.7. The highest BCUT2D eigenvalue weighted by molar-refractivity contribution is 6.46. The van der Waals surface area contributed by atoms with Gasteiger partial charge in [-0.1, -0.05) is 62.4 Å². The number of nitrogens with zero attached hydrogens (tertiary/aromatic N) is 2. The average Bonchev–Trinajstić information content (AvgIpc) is 2.99. The molecule has 1 fully saturated rings. The smallest absolute Gasteiger partial charge is 0.295 e. The fourth-order valence-electron chi connectivity index (χ4n) is 3.67. The molecule has 0 spiro atoms. The molecular formula is C23H25FN2O3. The van der Waals surface area contributed by atoms with Crippen molar-refractivity contribution in [3.05, 3.63) is 77.1 Å². The third-order valence-corrected chi connectivity index (χ3v) is 5.34. The first-order chi connectivity index (χ1) is 14.0. The summed E-state index contributed by atoms with van der Waals surface area (Å²) in [6.07, 6.45) is 0. The molecule has 0 radical (unpaired) electrons. The lowest BCUT2D eigenvalue weighted by Crippen LogP contribution is -2.38. The van der Waals surface area contributed by atoms with Gasteiger partial charge in [0.25, 0.3) is 11.7 Å². The highest BCUT2D eigenvalue weighted by atomic mass is 19.1. The minimum atomic E-state index is -0.966. The Hall–Kier alpha value is -2.99. The summed E-state index contributed by atoms with van der Waals surface area (Å²) in [6, 6.07) is 13.6. The number of carbonyl (C=O) groups is 2. The van der Waals surface area contributed by atoms with Crippen molar-refractivity contribution in [2.75, 3.05) is 26.2 Å². The van der Waals surface area contributed by atoms with Crippen molar-refractivity contribution < 1.29 is 19.1 Å². The van der Waals surface area contributed by atoms with Gasteiger partial charge < -0.3 is 14.9 Å². The third kappa shape index (κ3) is 4.07. The van der Waals surface area contributed by atoms with Crippen LogP contribution in [-0.4, -0.2) is 52.8 Å². The summed E-state index contributed by atoms with van der Waals surface area (Å²) in [5.74, 6) is -2.32. The van der Waals surface area contributed by atoms with Crippen molar-refractivity contribution >= 4 is 17.4 Å². The molecule has 3 rings (SSSR count). The number of amides is 1. The van der Waals surface area contributed by atoms with Crippen LogP contribution in [0.4, 0.5) is 4.39 Å². The van der Waals surface area contributed by atoms with Gasteiger partial charge in [-0.05, 0) is 19.2 Å². The van der Waals surface area contributed by atoms with E-state index in [2.05, 4.69) is 4.90 Å². The number of carbonyl (C=O) groups excluding carboxylic acids is 2. The predicted molar refractivity (Wildman–Crippen MR) is 110 cm³/mol. The summed E-state index contributed by atoms with van der Waals surface area (Å²) in [5.41, 5.74) is 0.533. The molecule has 6 heteroatoms. The quantitative estimate of drug-likeness (QED) is 0.441. The summed E-state index contributed by atoms with van der Waals surface area (Å²) in [4.78, 5) is 29.2. The molecule has 2 aromatic rings. The van der Waals surface area contributed by atoms with E-state index < -0.39 is 23.5 Å². The average molecular weight is 396 g/mol. The number of aliphatic hydroxyl groups is 1. The highest BCUT2D eigenvalue weighted by Crippen LogP contribution is 2.40. The van der Waals surface area contributed by atoms with Crippen molar-refractivity contribution in [1.82, 2.24) is 9.80 Å². The van der Waals surface area contributed by atoms with Gasteiger partial charge in [0, 0.05) is 24.2 Å². The van der Waals surface area contributed by atoms with Crippen molar-refractivity contribution in [3.63, 3.8) is 0 Å². The van der Waals surface area contributed by atoms with E-state index in [1.165, 1.54) is 11.0 Å². The van der Waals surface area contributed by atoms with E-state index in [9.17, 15) is 19.1 Å². The molecular weight excluding hydrogens is 371 g/mol. The normalized spacial score (nSPS) is 18.6. The SMILES string of the molecule is CCN(CC)CCN1C(=O)C(=O)C(=C(O)c2ccccc2)C1c1ccccc1F. The van der Waals surface area contributed by atoms with E-state index in [0.717, 1.165) is 13.1 Å². The Morgan fingerprint density at radius 2 is 1.66 bits per heavy atom. The van der Waals surface area contributed by atoms with Crippen molar-refractivity contribution in [2.45, 2.75) is 19.9 Å². The summed E-state index contributed by atoms with van der Waals surface area (Å²) in [6.45, 7) is 6.44. The Morgan fingerprint density at radius 3 is 2.28 bits per heavy atom. The number of aliphatic hydroxyl groups excluding tert-OH is 1. The van der Waals surface area contributed by atoms with E-state index in [0.29, 0.717) is 12.1 Å². The van der Waals surface area contributed by atoms with Gasteiger partial charge >= 0.3 is 0 Å². The van der Waals surface area contributed by atoms with Gasteiger partial charge in [0.1, 0.15) is 11.6 Å². The lowest BCUT2D eigenvalue weighted by atomic mass is 9.95. The fourth-order valence-corrected chi connectivity index (χ4v) is 3.67. The first-order valence-electron chi connectivity index (χ1n) is 9.80. The second-order valence-corrected chi connectivity index (χ2v) is 6.91. The first-order valence-corrected chi connectivity index (χ1v) is 9.80. The van der Waals surface area contributed by atoms with Crippen LogP contribution in [0.3, 0.4) is 0 Å². The molecule has 1 unspecified atom stereocenters. The zero-order valence-electron chi connectivity index (χ0n) is 16.6. The summed E-state index contributed by atoms with van der Waals surface area (Å²) in [5, 5.41) is 10.9. The van der Waals surface area contributed by atoms with Crippen LogP contribution in [-0.2, 0) is 9.59 Å². The molecule has 1 aliphatic heterocycles. The zero-order chi connectivity index (χ0) is 21.0. The van der Waals surface area contributed by atoms with Crippen LogP contribution < -0.4 is 0 Å². The predicted octanol–water partition coefficient (Wildman–Crippen LogP) is 3.59. The number of halogens is 1. The number of Topliss-reactive ketones (excluding diaryl/α,β-unsaturated/α-hetero) is 1. The van der Waals surface area contributed by atoms with Gasteiger partial charge in [-0.2, -0.15) is 0 Å². The number of hydrogen-bond donors (Lipinski definition) is 1. The van der Waals surface area contributed by atoms with Gasteiger partial charge in [0.05, 0.1) is 11.6 Å². The molecule has 1 atom stereocenters. The lowest BCUT2D eigenvalue weighted by Gasteiger charge is -2.28. The summed E-state index contributed by atoms with van der Waals surface area (Å²) >= 11 is 0. The highest BCUT2D eigenvalue weighted by Gasteiger charge is 2.46. The maximum absolute atomic E-state index is 14.7. The molecule has 0 aromatic heterocycles. The number of likely N-dealkylation sites (tertiary alicyclic amines) is 1. The minimum absolute atomic E-state index is 0.0779. The summed E-state index contributed by atoms with van der Waals surface area (Å²) in [7, 11) is 0. The van der Waals surface area contributed by atoms with Crippen molar-refractivity contribution in [3.8, 4) is 0 Å². The van der Waals surface area contributed by atoms with Crippen LogP contribution in [0.2, 0.25) is 0 Å². The fraction of sp³-hybridized carbons (Fsp3) is 0.304. The van der Waals surface area contributed by atoms with Gasteiger partial charge in [-0.3, -0.25) is 9.59 Å². The molecule has 1 aliphatic rings. The maximum atomic E-state index is 14.7. The standard InChI is InChI=1S/C23H25FN2O3/c1-3-25(4-2)14-15-26-20(17-12-8-9-13-18(17)24)19(22(28)23(26)29)21(27)16-10-6-5-7-11-16/h5-13,20,27H,3-4,14-15H2,1-2H3. The van der Waals surface area contributed by atoms with E-state index in [4.69, 9.17) is 0 Å². The molecule has 0 saturated carbocycles. The van der Waals surface area contributed by atoms with Crippen LogP contribution in [0.15, 0.2) is 60.2 Å². The number of hydrogen-bond acceptors (Lipinski definition) is 4. The molecule has 0 bridgehead atoms. The molecule has 1 saturated heterocycles. The molecule has 1 amide bonds. The van der Waals surface area contributed by atoms with Gasteiger partial charge in [-0.15, -0.1) is 0 Å².